The van der Waals surface area contributed by atoms with Crippen molar-refractivity contribution in [1.29, 1.82) is 0 Å². The maximum absolute atomic E-state index is 13.0. The minimum absolute atomic E-state index is 0.00309. The van der Waals surface area contributed by atoms with Crippen molar-refractivity contribution in [3.05, 3.63) is 64.2 Å². The predicted molar refractivity (Wildman–Crippen MR) is 110 cm³/mol. The maximum Gasteiger partial charge on any atom is 0.240 e. The van der Waals surface area contributed by atoms with Crippen molar-refractivity contribution >= 4 is 21.6 Å². The second kappa shape index (κ2) is 6.91. The SMILES string of the molecule is Cc1ccc(S(=O)(=O)N[C@H]2CCC[C@@]3(C)c4ccc(Cl)cc4CC[C@H]23)cc1. The smallest absolute Gasteiger partial charge is 0.208 e. The molecule has 2 aliphatic carbocycles. The Kier molecular flexibility index (Phi) is 4.86. The summed E-state index contributed by atoms with van der Waals surface area (Å²) in [5.74, 6) is 0.306. The van der Waals surface area contributed by atoms with E-state index in [0.717, 1.165) is 42.7 Å². The molecule has 3 nitrogen and oxygen atoms in total. The molecule has 144 valence electrons. The van der Waals surface area contributed by atoms with E-state index in [-0.39, 0.29) is 11.5 Å². The first-order valence-electron chi connectivity index (χ1n) is 9.67. The Morgan fingerprint density at radius 1 is 1.11 bits per heavy atom. The van der Waals surface area contributed by atoms with Gasteiger partial charge in [0.2, 0.25) is 10.0 Å². The Balaban J connectivity index is 1.64. The molecule has 0 aromatic heterocycles. The van der Waals surface area contributed by atoms with Crippen molar-refractivity contribution in [2.24, 2.45) is 5.92 Å². The van der Waals surface area contributed by atoms with Gasteiger partial charge in [-0.1, -0.05) is 48.7 Å². The van der Waals surface area contributed by atoms with E-state index in [9.17, 15) is 8.42 Å². The largest absolute Gasteiger partial charge is 0.240 e. The van der Waals surface area contributed by atoms with Gasteiger partial charge in [0.05, 0.1) is 4.90 Å². The van der Waals surface area contributed by atoms with E-state index in [1.165, 1.54) is 11.1 Å². The molecular weight excluding hydrogens is 378 g/mol. The molecule has 1 N–H and O–H groups in total. The van der Waals surface area contributed by atoms with Gasteiger partial charge in [0, 0.05) is 11.1 Å². The van der Waals surface area contributed by atoms with E-state index in [2.05, 4.69) is 23.8 Å². The molecule has 1 fully saturated rings. The third-order valence-electron chi connectivity index (χ3n) is 6.56. The van der Waals surface area contributed by atoms with Crippen molar-refractivity contribution in [3.63, 3.8) is 0 Å². The Hall–Kier alpha value is -1.36. The van der Waals surface area contributed by atoms with Crippen LogP contribution in [-0.2, 0) is 21.9 Å². The summed E-state index contributed by atoms with van der Waals surface area (Å²) in [5, 5.41) is 0.781. The monoisotopic (exact) mass is 403 g/mol. The molecule has 0 heterocycles. The van der Waals surface area contributed by atoms with Crippen LogP contribution in [-0.4, -0.2) is 14.5 Å². The Bertz CT molecular complexity index is 955. The molecular formula is C22H26ClNO2S. The first-order valence-corrected chi connectivity index (χ1v) is 11.5. The van der Waals surface area contributed by atoms with Crippen LogP contribution in [0, 0.1) is 12.8 Å². The molecule has 3 atom stereocenters. The fraction of sp³-hybridized carbons (Fsp3) is 0.455. The molecule has 2 aliphatic rings. The van der Waals surface area contributed by atoms with Gasteiger partial charge in [0.1, 0.15) is 0 Å². The Morgan fingerprint density at radius 3 is 2.59 bits per heavy atom. The van der Waals surface area contributed by atoms with Gasteiger partial charge in [0.15, 0.2) is 0 Å². The maximum atomic E-state index is 13.0. The van der Waals surface area contributed by atoms with Gasteiger partial charge in [-0.3, -0.25) is 0 Å². The molecule has 0 radical (unpaired) electrons. The number of rotatable bonds is 3. The molecule has 0 aliphatic heterocycles. The molecule has 4 rings (SSSR count). The van der Waals surface area contributed by atoms with E-state index in [1.54, 1.807) is 12.1 Å². The molecule has 2 aromatic rings. The highest BCUT2D eigenvalue weighted by Gasteiger charge is 2.47. The summed E-state index contributed by atoms with van der Waals surface area (Å²) < 4.78 is 28.9. The lowest BCUT2D eigenvalue weighted by atomic mass is 9.57. The van der Waals surface area contributed by atoms with Crippen LogP contribution in [0.2, 0.25) is 5.02 Å². The lowest BCUT2D eigenvalue weighted by molar-refractivity contribution is 0.143. The minimum atomic E-state index is -3.51. The third-order valence-corrected chi connectivity index (χ3v) is 8.30. The number of benzene rings is 2. The average Bonchev–Trinajstić information content (AvgIpc) is 2.61. The van der Waals surface area contributed by atoms with Gasteiger partial charge in [-0.2, -0.15) is 0 Å². The minimum Gasteiger partial charge on any atom is -0.208 e. The summed E-state index contributed by atoms with van der Waals surface area (Å²) in [6, 6.07) is 13.3. The van der Waals surface area contributed by atoms with Crippen molar-refractivity contribution < 1.29 is 8.42 Å². The highest BCUT2D eigenvalue weighted by Crippen LogP contribution is 2.50. The van der Waals surface area contributed by atoms with Gasteiger partial charge in [0.25, 0.3) is 0 Å². The summed E-state index contributed by atoms with van der Waals surface area (Å²) in [7, 11) is -3.51. The van der Waals surface area contributed by atoms with Crippen LogP contribution < -0.4 is 4.72 Å². The van der Waals surface area contributed by atoms with Crippen LogP contribution >= 0.6 is 11.6 Å². The normalized spacial score (nSPS) is 27.7. The van der Waals surface area contributed by atoms with E-state index in [0.29, 0.717) is 10.8 Å². The third kappa shape index (κ3) is 3.43. The highest BCUT2D eigenvalue weighted by atomic mass is 35.5. The number of hydrogen-bond donors (Lipinski definition) is 1. The Labute approximate surface area is 167 Å². The number of fused-ring (bicyclic) bond motifs is 3. The molecule has 2 aromatic carbocycles. The quantitative estimate of drug-likeness (QED) is 0.783. The number of nitrogens with one attached hydrogen (secondary N) is 1. The van der Waals surface area contributed by atoms with Crippen molar-refractivity contribution in [3.8, 4) is 0 Å². The molecule has 1 saturated carbocycles. The number of hydrogen-bond acceptors (Lipinski definition) is 2. The summed E-state index contributed by atoms with van der Waals surface area (Å²) in [5.41, 5.74) is 3.73. The summed E-state index contributed by atoms with van der Waals surface area (Å²) in [6.45, 7) is 4.26. The van der Waals surface area contributed by atoms with Crippen LogP contribution in [0.1, 0.15) is 49.3 Å². The molecule has 0 spiro atoms. The van der Waals surface area contributed by atoms with Gasteiger partial charge in [-0.25, -0.2) is 13.1 Å². The Morgan fingerprint density at radius 2 is 1.85 bits per heavy atom. The van der Waals surface area contributed by atoms with Crippen LogP contribution in [0.25, 0.3) is 0 Å². The van der Waals surface area contributed by atoms with Crippen molar-refractivity contribution in [1.82, 2.24) is 4.72 Å². The summed E-state index contributed by atoms with van der Waals surface area (Å²) >= 11 is 6.20. The fourth-order valence-corrected chi connectivity index (χ4v) is 6.64. The summed E-state index contributed by atoms with van der Waals surface area (Å²) in [6.07, 6.45) is 4.96. The lowest BCUT2D eigenvalue weighted by Gasteiger charge is -2.50. The first kappa shape index (κ1) is 19.0. The predicted octanol–water partition coefficient (Wildman–Crippen LogP) is 5.00. The molecule has 27 heavy (non-hydrogen) atoms. The zero-order valence-corrected chi connectivity index (χ0v) is 17.4. The number of aryl methyl sites for hydroxylation is 2. The molecule has 0 amide bonds. The van der Waals surface area contributed by atoms with Gasteiger partial charge >= 0.3 is 0 Å². The van der Waals surface area contributed by atoms with Crippen LogP contribution in [0.3, 0.4) is 0 Å². The standard InChI is InChI=1S/C22H26ClNO2S/c1-15-5-9-18(10-6-15)27(25,26)24-21-4-3-13-22(2)19-12-8-17(23)14-16(19)7-11-20(21)22/h5-6,8-10,12,14,20-21,24H,3-4,7,11,13H2,1-2H3/t20-,21+,22+/m1/s1. The molecule has 0 bridgehead atoms. The van der Waals surface area contributed by atoms with E-state index in [4.69, 9.17) is 11.6 Å². The highest BCUT2D eigenvalue weighted by molar-refractivity contribution is 7.89. The number of halogens is 1. The lowest BCUT2D eigenvalue weighted by Crippen LogP contribution is -2.53. The van der Waals surface area contributed by atoms with Crippen LogP contribution in [0.4, 0.5) is 0 Å². The van der Waals surface area contributed by atoms with Crippen LogP contribution in [0.5, 0.6) is 0 Å². The van der Waals surface area contributed by atoms with Crippen molar-refractivity contribution in [2.45, 2.75) is 62.3 Å². The van der Waals surface area contributed by atoms with Crippen molar-refractivity contribution in [2.75, 3.05) is 0 Å². The van der Waals surface area contributed by atoms with Crippen LogP contribution in [0.15, 0.2) is 47.4 Å². The van der Waals surface area contributed by atoms with Gasteiger partial charge < -0.3 is 0 Å². The summed E-state index contributed by atoms with van der Waals surface area (Å²) in [4.78, 5) is 0.350. The zero-order chi connectivity index (χ0) is 19.2. The van der Waals surface area contributed by atoms with E-state index >= 15 is 0 Å². The first-order chi connectivity index (χ1) is 12.8. The number of sulfonamides is 1. The fourth-order valence-electron chi connectivity index (χ4n) is 5.14. The average molecular weight is 404 g/mol. The second-order valence-corrected chi connectivity index (χ2v) is 10.4. The molecule has 0 saturated heterocycles. The van der Waals surface area contributed by atoms with Gasteiger partial charge in [-0.05, 0) is 79.3 Å². The topological polar surface area (TPSA) is 46.2 Å². The van der Waals surface area contributed by atoms with E-state index < -0.39 is 10.0 Å². The zero-order valence-electron chi connectivity index (χ0n) is 15.8. The second-order valence-electron chi connectivity index (χ2n) is 8.30. The van der Waals surface area contributed by atoms with E-state index in [1.807, 2.05) is 25.1 Å². The molecule has 5 heteroatoms. The van der Waals surface area contributed by atoms with Gasteiger partial charge in [-0.15, -0.1) is 0 Å². The molecule has 0 unspecified atom stereocenters.